The molecule has 2 heterocycles. The van der Waals surface area contributed by atoms with Crippen molar-refractivity contribution < 1.29 is 8.78 Å². The van der Waals surface area contributed by atoms with Crippen LogP contribution in [0.2, 0.25) is 0 Å². The van der Waals surface area contributed by atoms with Crippen molar-refractivity contribution in [1.82, 2.24) is 19.3 Å². The van der Waals surface area contributed by atoms with E-state index in [1.165, 1.54) is 6.07 Å². The third-order valence-electron chi connectivity index (χ3n) is 4.24. The predicted molar refractivity (Wildman–Crippen MR) is 94.2 cm³/mol. The van der Waals surface area contributed by atoms with Crippen molar-refractivity contribution in [2.75, 3.05) is 0 Å². The fraction of sp³-hybridized carbons (Fsp3) is 0.105. The average Bonchev–Trinajstić information content (AvgIpc) is 3.03. The van der Waals surface area contributed by atoms with Crippen molar-refractivity contribution in [3.8, 4) is 16.8 Å². The molecule has 0 aliphatic rings. The summed E-state index contributed by atoms with van der Waals surface area (Å²) < 4.78 is 31.2. The van der Waals surface area contributed by atoms with E-state index < -0.39 is 22.9 Å². The van der Waals surface area contributed by atoms with Gasteiger partial charge in [0.25, 0.3) is 5.56 Å². The van der Waals surface area contributed by atoms with Crippen molar-refractivity contribution in [2.24, 2.45) is 7.05 Å². The molecule has 0 unspecified atom stereocenters. The number of hydrogen-bond donors (Lipinski definition) is 0. The van der Waals surface area contributed by atoms with Crippen LogP contribution < -0.4 is 5.56 Å². The van der Waals surface area contributed by atoms with Crippen LogP contribution in [0.15, 0.2) is 53.6 Å². The molecule has 2 aromatic heterocycles. The van der Waals surface area contributed by atoms with Crippen molar-refractivity contribution in [3.05, 3.63) is 76.6 Å². The van der Waals surface area contributed by atoms with E-state index in [0.29, 0.717) is 11.1 Å². The molecule has 0 amide bonds. The number of nitrogens with zero attached hydrogens (tertiary/aromatic N) is 4. The highest BCUT2D eigenvalue weighted by Crippen LogP contribution is 2.26. The van der Waals surface area contributed by atoms with Gasteiger partial charge in [-0.25, -0.2) is 13.8 Å². The summed E-state index contributed by atoms with van der Waals surface area (Å²) in [5.41, 5.74) is 0.836. The molecule has 0 saturated heterocycles. The van der Waals surface area contributed by atoms with Gasteiger partial charge in [0.2, 0.25) is 0 Å². The first-order chi connectivity index (χ1) is 12.5. The van der Waals surface area contributed by atoms with E-state index in [4.69, 9.17) is 0 Å². The van der Waals surface area contributed by atoms with Gasteiger partial charge in [0.1, 0.15) is 23.1 Å². The van der Waals surface area contributed by atoms with Crippen LogP contribution in [0.3, 0.4) is 0 Å². The van der Waals surface area contributed by atoms with Crippen molar-refractivity contribution in [1.29, 1.82) is 0 Å². The Morgan fingerprint density at radius 1 is 1.04 bits per heavy atom. The first-order valence-electron chi connectivity index (χ1n) is 7.93. The first-order valence-corrected chi connectivity index (χ1v) is 7.93. The van der Waals surface area contributed by atoms with Crippen LogP contribution in [0.4, 0.5) is 8.78 Å². The maximum Gasteiger partial charge on any atom is 0.266 e. The molecule has 5 nitrogen and oxygen atoms in total. The van der Waals surface area contributed by atoms with Gasteiger partial charge in [0, 0.05) is 18.8 Å². The van der Waals surface area contributed by atoms with Gasteiger partial charge in [0.15, 0.2) is 0 Å². The number of hydrogen-bond acceptors (Lipinski definition) is 3. The molecule has 7 heteroatoms. The third-order valence-corrected chi connectivity index (χ3v) is 4.24. The molecule has 0 spiro atoms. The van der Waals surface area contributed by atoms with Crippen LogP contribution in [0.5, 0.6) is 0 Å². The zero-order chi connectivity index (χ0) is 18.4. The molecule has 4 rings (SSSR count). The summed E-state index contributed by atoms with van der Waals surface area (Å²) in [4.78, 5) is 17.6. The largest absolute Gasteiger partial charge is 0.275 e. The second kappa shape index (κ2) is 5.87. The van der Waals surface area contributed by atoms with E-state index in [9.17, 15) is 13.6 Å². The SMILES string of the molecule is Cc1nc2cccc(-c3cnn(C)c3)c2c(=O)n1-c1c(F)cccc1F. The zero-order valence-electron chi connectivity index (χ0n) is 14.1. The first kappa shape index (κ1) is 16.1. The second-order valence-electron chi connectivity index (χ2n) is 5.97. The Labute approximate surface area is 147 Å². The van der Waals surface area contributed by atoms with Gasteiger partial charge in [0.05, 0.1) is 17.1 Å². The van der Waals surface area contributed by atoms with Gasteiger partial charge in [-0.2, -0.15) is 5.10 Å². The lowest BCUT2D eigenvalue weighted by atomic mass is 10.0. The lowest BCUT2D eigenvalue weighted by molar-refractivity contribution is 0.563. The van der Waals surface area contributed by atoms with E-state index in [-0.39, 0.29) is 11.2 Å². The molecular formula is C19H14F2N4O. The molecule has 130 valence electrons. The number of aryl methyl sites for hydroxylation is 2. The molecular weight excluding hydrogens is 338 g/mol. The smallest absolute Gasteiger partial charge is 0.266 e. The topological polar surface area (TPSA) is 52.7 Å². The Balaban J connectivity index is 2.13. The van der Waals surface area contributed by atoms with Gasteiger partial charge in [-0.05, 0) is 30.7 Å². The van der Waals surface area contributed by atoms with Gasteiger partial charge in [-0.15, -0.1) is 0 Å². The van der Waals surface area contributed by atoms with Crippen LogP contribution in [-0.4, -0.2) is 19.3 Å². The summed E-state index contributed by atoms with van der Waals surface area (Å²) in [6.07, 6.45) is 3.39. The summed E-state index contributed by atoms with van der Waals surface area (Å²) >= 11 is 0. The highest BCUT2D eigenvalue weighted by Gasteiger charge is 2.19. The van der Waals surface area contributed by atoms with Gasteiger partial charge >= 0.3 is 0 Å². The summed E-state index contributed by atoms with van der Waals surface area (Å²) in [7, 11) is 1.77. The minimum Gasteiger partial charge on any atom is -0.275 e. The molecule has 0 fully saturated rings. The van der Waals surface area contributed by atoms with Crippen LogP contribution >= 0.6 is 0 Å². The van der Waals surface area contributed by atoms with Gasteiger partial charge in [-0.3, -0.25) is 14.0 Å². The summed E-state index contributed by atoms with van der Waals surface area (Å²) in [5, 5.41) is 4.41. The Hall–Kier alpha value is -3.35. The van der Waals surface area contributed by atoms with Crippen molar-refractivity contribution in [2.45, 2.75) is 6.92 Å². The lowest BCUT2D eigenvalue weighted by Gasteiger charge is -2.13. The minimum absolute atomic E-state index is 0.204. The number of halogens is 2. The van der Waals surface area contributed by atoms with Crippen molar-refractivity contribution >= 4 is 10.9 Å². The van der Waals surface area contributed by atoms with Crippen LogP contribution in [0.1, 0.15) is 5.82 Å². The number of rotatable bonds is 2. The van der Waals surface area contributed by atoms with Crippen molar-refractivity contribution in [3.63, 3.8) is 0 Å². The summed E-state index contributed by atoms with van der Waals surface area (Å²) in [5.74, 6) is -1.44. The number of para-hydroxylation sites is 1. The molecule has 2 aromatic carbocycles. The quantitative estimate of drug-likeness (QED) is 0.556. The second-order valence-corrected chi connectivity index (χ2v) is 5.97. The minimum atomic E-state index is -0.824. The Bertz CT molecular complexity index is 1190. The molecule has 0 bridgehead atoms. The summed E-state index contributed by atoms with van der Waals surface area (Å²) in [6, 6.07) is 8.73. The normalized spacial score (nSPS) is 11.2. The van der Waals surface area contributed by atoms with E-state index >= 15 is 0 Å². The summed E-state index contributed by atoms with van der Waals surface area (Å²) in [6.45, 7) is 1.55. The average molecular weight is 352 g/mol. The highest BCUT2D eigenvalue weighted by molar-refractivity contribution is 5.93. The maximum atomic E-state index is 14.3. The molecule has 0 N–H and O–H groups in total. The van der Waals surface area contributed by atoms with Crippen LogP contribution in [0, 0.1) is 18.6 Å². The van der Waals surface area contributed by atoms with E-state index in [0.717, 1.165) is 22.3 Å². The predicted octanol–water partition coefficient (Wildman–Crippen LogP) is 3.37. The molecule has 0 aliphatic carbocycles. The van der Waals surface area contributed by atoms with Gasteiger partial charge < -0.3 is 0 Å². The Morgan fingerprint density at radius 2 is 1.73 bits per heavy atom. The zero-order valence-corrected chi connectivity index (χ0v) is 14.1. The maximum absolute atomic E-state index is 14.3. The lowest BCUT2D eigenvalue weighted by Crippen LogP contribution is -2.24. The fourth-order valence-corrected chi connectivity index (χ4v) is 3.11. The Morgan fingerprint density at radius 3 is 2.38 bits per heavy atom. The Kier molecular flexibility index (Phi) is 3.64. The molecule has 4 aromatic rings. The number of aromatic nitrogens is 4. The molecule has 0 atom stereocenters. The number of fused-ring (bicyclic) bond motifs is 1. The van der Waals surface area contributed by atoms with E-state index in [1.807, 2.05) is 0 Å². The van der Waals surface area contributed by atoms with Crippen LogP contribution in [0.25, 0.3) is 27.7 Å². The van der Waals surface area contributed by atoms with Gasteiger partial charge in [-0.1, -0.05) is 18.2 Å². The molecule has 0 saturated carbocycles. The highest BCUT2D eigenvalue weighted by atomic mass is 19.1. The van der Waals surface area contributed by atoms with E-state index in [1.54, 1.807) is 49.2 Å². The third kappa shape index (κ3) is 2.40. The molecule has 0 aliphatic heterocycles. The molecule has 26 heavy (non-hydrogen) atoms. The van der Waals surface area contributed by atoms with E-state index in [2.05, 4.69) is 10.1 Å². The monoisotopic (exact) mass is 352 g/mol. The van der Waals surface area contributed by atoms with Crippen LogP contribution in [-0.2, 0) is 7.05 Å². The fourth-order valence-electron chi connectivity index (χ4n) is 3.11. The standard InChI is InChI=1S/C19H14F2N4O/c1-11-23-16-8-3-5-13(12-9-22-24(2)10-12)17(16)19(26)25(11)18-14(20)6-4-7-15(18)21/h3-10H,1-2H3. The molecule has 0 radical (unpaired) electrons. The number of benzene rings is 2.